The summed E-state index contributed by atoms with van der Waals surface area (Å²) >= 11 is 1.63. The van der Waals surface area contributed by atoms with Crippen molar-refractivity contribution in [3.05, 3.63) is 0 Å². The molecule has 0 bridgehead atoms. The van der Waals surface area contributed by atoms with E-state index in [2.05, 4.69) is 5.32 Å². The molecular formula is C9H18N2O3S. The Morgan fingerprint density at radius 1 is 1.47 bits per heavy atom. The Hall–Kier alpha value is -0.750. The number of carboxylic acid groups (broad SMARTS) is 1. The van der Waals surface area contributed by atoms with Crippen LogP contribution >= 0.6 is 11.8 Å². The smallest absolute Gasteiger partial charge is 0.320 e. The van der Waals surface area contributed by atoms with Gasteiger partial charge in [-0.3, -0.25) is 9.59 Å². The Labute approximate surface area is 93.8 Å². The van der Waals surface area contributed by atoms with Gasteiger partial charge in [-0.15, -0.1) is 0 Å². The molecule has 0 heterocycles. The maximum atomic E-state index is 10.8. The first-order valence-corrected chi connectivity index (χ1v) is 6.00. The average molecular weight is 234 g/mol. The van der Waals surface area contributed by atoms with Crippen LogP contribution in [0.2, 0.25) is 0 Å². The second kappa shape index (κ2) is 8.55. The van der Waals surface area contributed by atoms with Gasteiger partial charge in [0, 0.05) is 13.5 Å². The Balaban J connectivity index is 3.25. The third-order valence-electron chi connectivity index (χ3n) is 1.86. The predicted molar refractivity (Wildman–Crippen MR) is 60.9 cm³/mol. The lowest BCUT2D eigenvalue weighted by molar-refractivity contribution is -0.138. The van der Waals surface area contributed by atoms with Gasteiger partial charge in [0.1, 0.15) is 6.04 Å². The van der Waals surface area contributed by atoms with Crippen molar-refractivity contribution < 1.29 is 14.7 Å². The molecule has 4 N–H and O–H groups in total. The lowest BCUT2D eigenvalue weighted by atomic mass is 10.2. The molecule has 15 heavy (non-hydrogen) atoms. The summed E-state index contributed by atoms with van der Waals surface area (Å²) in [7, 11) is 1.61. The number of hydrogen-bond acceptors (Lipinski definition) is 4. The van der Waals surface area contributed by atoms with Gasteiger partial charge in [0.25, 0.3) is 0 Å². The molecule has 1 unspecified atom stereocenters. The zero-order valence-corrected chi connectivity index (χ0v) is 9.68. The van der Waals surface area contributed by atoms with E-state index in [1.165, 1.54) is 0 Å². The van der Waals surface area contributed by atoms with E-state index in [9.17, 15) is 9.59 Å². The summed E-state index contributed by atoms with van der Waals surface area (Å²) in [4.78, 5) is 21.2. The van der Waals surface area contributed by atoms with Gasteiger partial charge in [-0.05, 0) is 24.3 Å². The molecule has 1 amide bonds. The minimum atomic E-state index is -0.957. The summed E-state index contributed by atoms with van der Waals surface area (Å²) in [6.07, 6.45) is 1.81. The quantitative estimate of drug-likeness (QED) is 0.516. The molecule has 0 aliphatic rings. The number of carbonyl (C=O) groups excluding carboxylic acids is 1. The summed E-state index contributed by atoms with van der Waals surface area (Å²) in [5.74, 6) is 0.667. The van der Waals surface area contributed by atoms with E-state index in [-0.39, 0.29) is 5.91 Å². The number of thioether (sulfide) groups is 1. The summed E-state index contributed by atoms with van der Waals surface area (Å²) in [5.41, 5.74) is 5.32. The zero-order valence-electron chi connectivity index (χ0n) is 8.86. The maximum absolute atomic E-state index is 10.8. The van der Waals surface area contributed by atoms with E-state index in [4.69, 9.17) is 10.8 Å². The number of aliphatic carboxylic acids is 1. The lowest BCUT2D eigenvalue weighted by Gasteiger charge is -2.05. The molecule has 88 valence electrons. The van der Waals surface area contributed by atoms with Crippen LogP contribution in [0.25, 0.3) is 0 Å². The molecule has 0 fully saturated rings. The molecule has 0 spiro atoms. The molecule has 0 saturated heterocycles. The van der Waals surface area contributed by atoms with Gasteiger partial charge in [-0.2, -0.15) is 11.8 Å². The minimum Gasteiger partial charge on any atom is -0.480 e. The van der Waals surface area contributed by atoms with Gasteiger partial charge in [0.2, 0.25) is 5.91 Å². The average Bonchev–Trinajstić information content (AvgIpc) is 2.22. The highest BCUT2D eigenvalue weighted by Gasteiger charge is 2.10. The first kappa shape index (κ1) is 14.2. The first-order chi connectivity index (χ1) is 7.07. The number of rotatable bonds is 8. The fraction of sp³-hybridized carbons (Fsp3) is 0.778. The fourth-order valence-corrected chi connectivity index (χ4v) is 1.87. The monoisotopic (exact) mass is 234 g/mol. The molecule has 0 aliphatic carbocycles. The minimum absolute atomic E-state index is 0.0397. The molecule has 0 radical (unpaired) electrons. The molecule has 0 aromatic rings. The fourth-order valence-electron chi connectivity index (χ4n) is 0.896. The number of carbonyl (C=O) groups is 2. The second-order valence-electron chi connectivity index (χ2n) is 3.12. The largest absolute Gasteiger partial charge is 0.480 e. The van der Waals surface area contributed by atoms with Crippen molar-refractivity contribution in [2.24, 2.45) is 5.73 Å². The Kier molecular flexibility index (Phi) is 8.12. The highest BCUT2D eigenvalue weighted by molar-refractivity contribution is 7.99. The maximum Gasteiger partial charge on any atom is 0.320 e. The van der Waals surface area contributed by atoms with Gasteiger partial charge in [-0.25, -0.2) is 0 Å². The normalized spacial score (nSPS) is 12.1. The Bertz CT molecular complexity index is 212. The lowest BCUT2D eigenvalue weighted by Crippen LogP contribution is -2.30. The van der Waals surface area contributed by atoms with Crippen molar-refractivity contribution in [1.82, 2.24) is 5.32 Å². The third-order valence-corrected chi connectivity index (χ3v) is 2.96. The molecule has 1 atom stereocenters. The van der Waals surface area contributed by atoms with E-state index in [0.29, 0.717) is 12.8 Å². The van der Waals surface area contributed by atoms with Gasteiger partial charge in [-0.1, -0.05) is 0 Å². The van der Waals surface area contributed by atoms with Crippen LogP contribution in [0, 0.1) is 0 Å². The van der Waals surface area contributed by atoms with Crippen molar-refractivity contribution in [2.45, 2.75) is 25.3 Å². The third kappa shape index (κ3) is 8.26. The SMILES string of the molecule is CNC(=O)CCCSCCC(N)C(=O)O. The van der Waals surface area contributed by atoms with E-state index in [0.717, 1.165) is 17.9 Å². The number of carboxylic acids is 1. The van der Waals surface area contributed by atoms with Crippen LogP contribution in [0.15, 0.2) is 0 Å². The molecule has 0 aromatic carbocycles. The first-order valence-electron chi connectivity index (χ1n) is 4.84. The predicted octanol–water partition coefficient (Wildman–Crippen LogP) is 0.0478. The van der Waals surface area contributed by atoms with Crippen molar-refractivity contribution in [2.75, 3.05) is 18.6 Å². The molecule has 6 heteroatoms. The number of nitrogens with two attached hydrogens (primary N) is 1. The molecule has 5 nitrogen and oxygen atoms in total. The number of nitrogens with one attached hydrogen (secondary N) is 1. The van der Waals surface area contributed by atoms with Crippen LogP contribution in [0.3, 0.4) is 0 Å². The highest BCUT2D eigenvalue weighted by Crippen LogP contribution is 2.07. The van der Waals surface area contributed by atoms with Crippen molar-refractivity contribution in [1.29, 1.82) is 0 Å². The molecule has 0 rings (SSSR count). The zero-order chi connectivity index (χ0) is 11.7. The molecule has 0 saturated carbocycles. The van der Waals surface area contributed by atoms with E-state index in [1.54, 1.807) is 18.8 Å². The summed E-state index contributed by atoms with van der Waals surface area (Å²) in [6.45, 7) is 0. The van der Waals surface area contributed by atoms with E-state index >= 15 is 0 Å². The van der Waals surface area contributed by atoms with E-state index < -0.39 is 12.0 Å². The van der Waals surface area contributed by atoms with Crippen LogP contribution in [-0.2, 0) is 9.59 Å². The van der Waals surface area contributed by atoms with Crippen LogP contribution in [-0.4, -0.2) is 41.6 Å². The van der Waals surface area contributed by atoms with Gasteiger partial charge in [0.05, 0.1) is 0 Å². The van der Waals surface area contributed by atoms with Crippen LogP contribution in [0.1, 0.15) is 19.3 Å². The number of amides is 1. The Morgan fingerprint density at radius 3 is 2.67 bits per heavy atom. The van der Waals surface area contributed by atoms with Crippen molar-refractivity contribution in [3.63, 3.8) is 0 Å². The van der Waals surface area contributed by atoms with Crippen molar-refractivity contribution in [3.8, 4) is 0 Å². The molecule has 0 aromatic heterocycles. The second-order valence-corrected chi connectivity index (χ2v) is 4.35. The topological polar surface area (TPSA) is 92.4 Å². The van der Waals surface area contributed by atoms with Crippen LogP contribution in [0.5, 0.6) is 0 Å². The standard InChI is InChI=1S/C9H18N2O3S/c1-11-8(12)3-2-5-15-6-4-7(10)9(13)14/h7H,2-6,10H2,1H3,(H,11,12)(H,13,14). The summed E-state index contributed by atoms with van der Waals surface area (Å²) in [6, 6.07) is -0.767. The summed E-state index contributed by atoms with van der Waals surface area (Å²) in [5, 5.41) is 11.0. The van der Waals surface area contributed by atoms with Gasteiger partial charge in [0.15, 0.2) is 0 Å². The van der Waals surface area contributed by atoms with Gasteiger partial charge < -0.3 is 16.2 Å². The Morgan fingerprint density at radius 2 is 2.13 bits per heavy atom. The van der Waals surface area contributed by atoms with Crippen LogP contribution in [0.4, 0.5) is 0 Å². The van der Waals surface area contributed by atoms with E-state index in [1.807, 2.05) is 0 Å². The highest BCUT2D eigenvalue weighted by atomic mass is 32.2. The van der Waals surface area contributed by atoms with Crippen LogP contribution < -0.4 is 11.1 Å². The molecular weight excluding hydrogens is 216 g/mol. The van der Waals surface area contributed by atoms with Crippen molar-refractivity contribution >= 4 is 23.6 Å². The summed E-state index contributed by atoms with van der Waals surface area (Å²) < 4.78 is 0. The number of hydrogen-bond donors (Lipinski definition) is 3. The molecule has 0 aliphatic heterocycles. The van der Waals surface area contributed by atoms with Gasteiger partial charge >= 0.3 is 5.97 Å².